The number of rotatable bonds is 7. The van der Waals surface area contributed by atoms with Crippen LogP contribution < -0.4 is 10.1 Å². The van der Waals surface area contributed by atoms with Gasteiger partial charge in [0.15, 0.2) is 5.75 Å². The average Bonchev–Trinajstić information content (AvgIpc) is 2.71. The molecule has 0 aliphatic heterocycles. The number of aryl methyl sites for hydroxylation is 1. The zero-order valence-corrected chi connectivity index (χ0v) is 12.0. The molecule has 1 aromatic heterocycles. The molecule has 0 fully saturated rings. The van der Waals surface area contributed by atoms with Crippen LogP contribution in [-0.4, -0.2) is 34.6 Å². The van der Waals surface area contributed by atoms with Gasteiger partial charge < -0.3 is 15.2 Å². The molecule has 0 amide bonds. The number of ether oxygens (including phenoxy) is 1. The summed E-state index contributed by atoms with van der Waals surface area (Å²) in [4.78, 5) is 0. The molecule has 0 radical (unpaired) electrons. The Labute approximate surface area is 109 Å². The van der Waals surface area contributed by atoms with Crippen molar-refractivity contribution in [3.05, 3.63) is 11.9 Å². The second-order valence-corrected chi connectivity index (χ2v) is 5.01. The van der Waals surface area contributed by atoms with Crippen molar-refractivity contribution >= 4 is 0 Å². The van der Waals surface area contributed by atoms with Crippen LogP contribution in [0.25, 0.3) is 0 Å². The summed E-state index contributed by atoms with van der Waals surface area (Å²) >= 11 is 0. The molecule has 0 bridgehead atoms. The van der Waals surface area contributed by atoms with Crippen molar-refractivity contribution in [3.63, 3.8) is 0 Å². The van der Waals surface area contributed by atoms with Gasteiger partial charge in [-0.25, -0.2) is 0 Å². The summed E-state index contributed by atoms with van der Waals surface area (Å²) in [5, 5.41) is 18.2. The standard InChI is InChI=1S/C13H25N3O2/c1-6-16-12(11(18-5)9-15-16)13(4,17)7-8-14-10(2)3/h9-10,14,17H,6-8H2,1-5H3. The zero-order chi connectivity index (χ0) is 13.8. The van der Waals surface area contributed by atoms with Crippen molar-refractivity contribution in [3.8, 4) is 5.75 Å². The van der Waals surface area contributed by atoms with Crippen LogP contribution in [0.5, 0.6) is 5.75 Å². The van der Waals surface area contributed by atoms with E-state index in [1.165, 1.54) is 0 Å². The van der Waals surface area contributed by atoms with Gasteiger partial charge >= 0.3 is 0 Å². The molecule has 0 saturated carbocycles. The fraction of sp³-hybridized carbons (Fsp3) is 0.769. The Morgan fingerprint density at radius 2 is 2.22 bits per heavy atom. The maximum atomic E-state index is 10.6. The number of nitrogens with one attached hydrogen (secondary N) is 1. The van der Waals surface area contributed by atoms with Gasteiger partial charge in [-0.3, -0.25) is 4.68 Å². The molecular weight excluding hydrogens is 230 g/mol. The number of methoxy groups -OCH3 is 1. The Hall–Kier alpha value is -1.07. The summed E-state index contributed by atoms with van der Waals surface area (Å²) < 4.78 is 7.06. The van der Waals surface area contributed by atoms with E-state index in [4.69, 9.17) is 4.74 Å². The third-order valence-corrected chi connectivity index (χ3v) is 3.00. The maximum Gasteiger partial charge on any atom is 0.162 e. The van der Waals surface area contributed by atoms with E-state index >= 15 is 0 Å². The summed E-state index contributed by atoms with van der Waals surface area (Å²) in [6, 6.07) is 0.416. The third-order valence-electron chi connectivity index (χ3n) is 3.00. The molecule has 18 heavy (non-hydrogen) atoms. The Kier molecular flexibility index (Phi) is 5.16. The highest BCUT2D eigenvalue weighted by molar-refractivity contribution is 5.30. The van der Waals surface area contributed by atoms with Gasteiger partial charge in [0.25, 0.3) is 0 Å². The predicted molar refractivity (Wildman–Crippen MR) is 71.8 cm³/mol. The minimum absolute atomic E-state index is 0.416. The van der Waals surface area contributed by atoms with E-state index in [2.05, 4.69) is 24.3 Å². The first-order valence-electron chi connectivity index (χ1n) is 6.48. The summed E-state index contributed by atoms with van der Waals surface area (Å²) in [5.41, 5.74) is -0.196. The normalized spacial score (nSPS) is 14.8. The van der Waals surface area contributed by atoms with E-state index < -0.39 is 5.60 Å². The van der Waals surface area contributed by atoms with Crippen LogP contribution in [0.3, 0.4) is 0 Å². The molecule has 2 N–H and O–H groups in total. The maximum absolute atomic E-state index is 10.6. The Morgan fingerprint density at radius 3 is 2.72 bits per heavy atom. The van der Waals surface area contributed by atoms with E-state index in [9.17, 15) is 5.11 Å². The van der Waals surface area contributed by atoms with Gasteiger partial charge in [0.05, 0.1) is 13.3 Å². The van der Waals surface area contributed by atoms with Gasteiger partial charge in [-0.15, -0.1) is 0 Å². The van der Waals surface area contributed by atoms with Crippen LogP contribution in [0.15, 0.2) is 6.20 Å². The molecule has 1 aromatic rings. The lowest BCUT2D eigenvalue weighted by Crippen LogP contribution is -2.33. The monoisotopic (exact) mass is 255 g/mol. The highest BCUT2D eigenvalue weighted by Gasteiger charge is 2.30. The smallest absolute Gasteiger partial charge is 0.162 e. The second kappa shape index (κ2) is 6.20. The molecule has 5 nitrogen and oxygen atoms in total. The van der Waals surface area contributed by atoms with Gasteiger partial charge in [0.2, 0.25) is 0 Å². The highest BCUT2D eigenvalue weighted by Crippen LogP contribution is 2.32. The van der Waals surface area contributed by atoms with Crippen LogP contribution >= 0.6 is 0 Å². The molecule has 0 saturated heterocycles. The summed E-state index contributed by atoms with van der Waals surface area (Å²) in [6.07, 6.45) is 2.27. The minimum Gasteiger partial charge on any atom is -0.493 e. The number of hydrogen-bond donors (Lipinski definition) is 2. The Morgan fingerprint density at radius 1 is 1.56 bits per heavy atom. The SMILES string of the molecule is CCn1ncc(OC)c1C(C)(O)CCNC(C)C. The molecule has 1 heterocycles. The molecule has 0 aliphatic rings. The fourth-order valence-electron chi connectivity index (χ4n) is 2.02. The van der Waals surface area contributed by atoms with Crippen LogP contribution in [0, 0.1) is 0 Å². The van der Waals surface area contributed by atoms with E-state index in [1.54, 1.807) is 24.9 Å². The largest absolute Gasteiger partial charge is 0.493 e. The average molecular weight is 255 g/mol. The lowest BCUT2D eigenvalue weighted by atomic mass is 9.97. The lowest BCUT2D eigenvalue weighted by Gasteiger charge is -2.25. The number of nitrogens with zero attached hydrogens (tertiary/aromatic N) is 2. The molecule has 5 heteroatoms. The number of aliphatic hydroxyl groups is 1. The molecule has 1 rings (SSSR count). The third kappa shape index (κ3) is 3.46. The van der Waals surface area contributed by atoms with Gasteiger partial charge in [-0.1, -0.05) is 13.8 Å². The van der Waals surface area contributed by atoms with Crippen molar-refractivity contribution in [2.24, 2.45) is 0 Å². The van der Waals surface area contributed by atoms with Crippen LogP contribution in [-0.2, 0) is 12.1 Å². The van der Waals surface area contributed by atoms with E-state index in [-0.39, 0.29) is 0 Å². The van der Waals surface area contributed by atoms with Gasteiger partial charge in [0.1, 0.15) is 11.3 Å². The first-order valence-corrected chi connectivity index (χ1v) is 6.48. The zero-order valence-electron chi connectivity index (χ0n) is 12.0. The van der Waals surface area contributed by atoms with E-state index in [1.807, 2.05) is 6.92 Å². The summed E-state index contributed by atoms with van der Waals surface area (Å²) in [7, 11) is 1.60. The van der Waals surface area contributed by atoms with Crippen molar-refractivity contribution < 1.29 is 9.84 Å². The van der Waals surface area contributed by atoms with Crippen LogP contribution in [0.4, 0.5) is 0 Å². The van der Waals surface area contributed by atoms with Gasteiger partial charge in [-0.2, -0.15) is 5.10 Å². The number of hydrogen-bond acceptors (Lipinski definition) is 4. The van der Waals surface area contributed by atoms with Crippen LogP contribution in [0.1, 0.15) is 39.8 Å². The predicted octanol–water partition coefficient (Wildman–Crippen LogP) is 1.51. The van der Waals surface area contributed by atoms with Gasteiger partial charge in [-0.05, 0) is 26.8 Å². The highest BCUT2D eigenvalue weighted by atomic mass is 16.5. The van der Waals surface area contributed by atoms with Crippen molar-refractivity contribution in [2.75, 3.05) is 13.7 Å². The van der Waals surface area contributed by atoms with Crippen molar-refractivity contribution in [2.45, 2.75) is 52.3 Å². The molecule has 1 atom stereocenters. The first-order chi connectivity index (χ1) is 8.42. The molecule has 0 aliphatic carbocycles. The molecule has 1 unspecified atom stereocenters. The van der Waals surface area contributed by atoms with Crippen LogP contribution in [0.2, 0.25) is 0 Å². The number of aromatic nitrogens is 2. The van der Waals surface area contributed by atoms with Crippen molar-refractivity contribution in [1.29, 1.82) is 0 Å². The minimum atomic E-state index is -0.945. The molecule has 0 spiro atoms. The summed E-state index contributed by atoms with van der Waals surface area (Å²) in [6.45, 7) is 9.45. The Bertz CT molecular complexity index is 351. The lowest BCUT2D eigenvalue weighted by molar-refractivity contribution is 0.0358. The fourth-order valence-corrected chi connectivity index (χ4v) is 2.02. The molecule has 0 aromatic carbocycles. The van der Waals surface area contributed by atoms with Gasteiger partial charge in [0, 0.05) is 12.6 Å². The van der Waals surface area contributed by atoms with E-state index in [0.29, 0.717) is 24.8 Å². The summed E-state index contributed by atoms with van der Waals surface area (Å²) in [5.74, 6) is 0.645. The molecule has 104 valence electrons. The quantitative estimate of drug-likeness (QED) is 0.775. The first kappa shape index (κ1) is 15.0. The molecular formula is C13H25N3O2. The topological polar surface area (TPSA) is 59.3 Å². The Balaban J connectivity index is 2.85. The van der Waals surface area contributed by atoms with E-state index in [0.717, 1.165) is 12.2 Å². The van der Waals surface area contributed by atoms with Crippen molar-refractivity contribution in [1.82, 2.24) is 15.1 Å². The second-order valence-electron chi connectivity index (χ2n) is 5.01.